The van der Waals surface area contributed by atoms with Gasteiger partial charge in [0.2, 0.25) is 0 Å². The number of rotatable bonds is 1. The second-order valence-electron chi connectivity index (χ2n) is 9.08. The van der Waals surface area contributed by atoms with Gasteiger partial charge in [-0.05, 0) is 106 Å². The van der Waals surface area contributed by atoms with Crippen molar-refractivity contribution in [3.05, 3.63) is 11.6 Å². The summed E-state index contributed by atoms with van der Waals surface area (Å²) in [5.74, 6) is 5.13. The molecule has 4 aliphatic carbocycles. The number of allylic oxidation sites excluding steroid dienone is 2. The first-order valence-corrected chi connectivity index (χ1v) is 9.89. The molecule has 0 amide bonds. The van der Waals surface area contributed by atoms with E-state index >= 15 is 0 Å². The van der Waals surface area contributed by atoms with Crippen LogP contribution in [0.1, 0.15) is 71.6 Å². The first kappa shape index (κ1) is 15.2. The summed E-state index contributed by atoms with van der Waals surface area (Å²) in [6.45, 7) is 4.76. The Balaban J connectivity index is 1.54. The molecule has 0 aromatic heterocycles. The summed E-state index contributed by atoms with van der Waals surface area (Å²) < 4.78 is 13.1. The standard InChI is InChI=1S/C21H33F/c1-3-16-6-9-20-19-8-5-15-12-14(13-22)4-7-17(15)18(19)10-11-21(16,20)2/h3,14-15,17-20H,4-13H2,1-2H3/b16-3-. The molecule has 0 aromatic rings. The lowest BCUT2D eigenvalue weighted by molar-refractivity contribution is -0.0498. The van der Waals surface area contributed by atoms with Crippen LogP contribution in [0.3, 0.4) is 0 Å². The molecule has 4 rings (SSSR count). The summed E-state index contributed by atoms with van der Waals surface area (Å²) in [4.78, 5) is 0. The normalized spacial score (nSPS) is 53.0. The van der Waals surface area contributed by atoms with Gasteiger partial charge < -0.3 is 0 Å². The summed E-state index contributed by atoms with van der Waals surface area (Å²) in [7, 11) is 0. The maximum Gasteiger partial charge on any atom is 0.0922 e. The molecule has 0 heterocycles. The van der Waals surface area contributed by atoms with Gasteiger partial charge >= 0.3 is 0 Å². The maximum atomic E-state index is 13.1. The Morgan fingerprint density at radius 3 is 2.64 bits per heavy atom. The van der Waals surface area contributed by atoms with Crippen LogP contribution in [0.25, 0.3) is 0 Å². The van der Waals surface area contributed by atoms with Gasteiger partial charge in [-0.3, -0.25) is 4.39 Å². The smallest absolute Gasteiger partial charge is 0.0922 e. The lowest BCUT2D eigenvalue weighted by atomic mass is 9.50. The molecule has 124 valence electrons. The van der Waals surface area contributed by atoms with Crippen molar-refractivity contribution in [2.75, 3.05) is 6.67 Å². The molecule has 7 atom stereocenters. The number of halogens is 1. The van der Waals surface area contributed by atoms with Crippen molar-refractivity contribution in [1.29, 1.82) is 0 Å². The Kier molecular flexibility index (Phi) is 3.90. The zero-order valence-corrected chi connectivity index (χ0v) is 14.5. The fraction of sp³-hybridized carbons (Fsp3) is 0.905. The molecule has 0 aromatic carbocycles. The molecule has 22 heavy (non-hydrogen) atoms. The van der Waals surface area contributed by atoms with Crippen LogP contribution in [0.15, 0.2) is 11.6 Å². The lowest BCUT2D eigenvalue weighted by Gasteiger charge is -2.55. The van der Waals surface area contributed by atoms with Gasteiger partial charge in [-0.2, -0.15) is 0 Å². The molecule has 7 unspecified atom stereocenters. The first-order valence-electron chi connectivity index (χ1n) is 9.89. The van der Waals surface area contributed by atoms with E-state index in [4.69, 9.17) is 0 Å². The highest BCUT2D eigenvalue weighted by molar-refractivity contribution is 5.23. The minimum Gasteiger partial charge on any atom is -0.251 e. The van der Waals surface area contributed by atoms with E-state index in [0.29, 0.717) is 11.3 Å². The summed E-state index contributed by atoms with van der Waals surface area (Å²) in [5.41, 5.74) is 2.29. The summed E-state index contributed by atoms with van der Waals surface area (Å²) in [6.07, 6.45) is 14.7. The summed E-state index contributed by atoms with van der Waals surface area (Å²) in [5, 5.41) is 0. The molecular weight excluding hydrogens is 271 g/mol. The molecule has 0 saturated heterocycles. The van der Waals surface area contributed by atoms with Gasteiger partial charge in [-0.25, -0.2) is 0 Å². The van der Waals surface area contributed by atoms with E-state index in [9.17, 15) is 4.39 Å². The number of fused-ring (bicyclic) bond motifs is 5. The average Bonchev–Trinajstić information content (AvgIpc) is 2.90. The molecule has 1 heteroatoms. The van der Waals surface area contributed by atoms with Crippen LogP contribution in [0.4, 0.5) is 4.39 Å². The molecule has 4 aliphatic rings. The van der Waals surface area contributed by atoms with Crippen molar-refractivity contribution >= 4 is 0 Å². The van der Waals surface area contributed by atoms with E-state index in [2.05, 4.69) is 19.9 Å². The Labute approximate surface area is 135 Å². The van der Waals surface area contributed by atoms with Crippen LogP contribution in [0.5, 0.6) is 0 Å². The highest BCUT2D eigenvalue weighted by Crippen LogP contribution is 2.64. The van der Waals surface area contributed by atoms with E-state index in [1.54, 1.807) is 5.57 Å². The quantitative estimate of drug-likeness (QED) is 0.508. The molecule has 4 saturated carbocycles. The van der Waals surface area contributed by atoms with E-state index in [-0.39, 0.29) is 6.67 Å². The van der Waals surface area contributed by atoms with Crippen LogP contribution in [-0.2, 0) is 0 Å². The minimum atomic E-state index is -0.0668. The van der Waals surface area contributed by atoms with Gasteiger partial charge in [-0.15, -0.1) is 0 Å². The molecule has 0 N–H and O–H groups in total. The summed E-state index contributed by atoms with van der Waals surface area (Å²) in [6, 6.07) is 0. The molecule has 0 radical (unpaired) electrons. The second kappa shape index (κ2) is 5.64. The number of hydrogen-bond donors (Lipinski definition) is 0. The largest absolute Gasteiger partial charge is 0.251 e. The van der Waals surface area contributed by atoms with Gasteiger partial charge in [0.15, 0.2) is 0 Å². The maximum absolute atomic E-state index is 13.1. The van der Waals surface area contributed by atoms with Crippen LogP contribution >= 0.6 is 0 Å². The zero-order valence-electron chi connectivity index (χ0n) is 14.5. The van der Waals surface area contributed by atoms with Gasteiger partial charge in [0.25, 0.3) is 0 Å². The topological polar surface area (TPSA) is 0 Å². The fourth-order valence-electron chi connectivity index (χ4n) is 7.41. The van der Waals surface area contributed by atoms with E-state index in [1.165, 1.54) is 57.8 Å². The second-order valence-corrected chi connectivity index (χ2v) is 9.08. The molecular formula is C21H33F. The van der Waals surface area contributed by atoms with Gasteiger partial charge in [-0.1, -0.05) is 18.6 Å². The number of hydrogen-bond acceptors (Lipinski definition) is 0. The summed E-state index contributed by atoms with van der Waals surface area (Å²) >= 11 is 0. The Morgan fingerprint density at radius 2 is 1.86 bits per heavy atom. The Hall–Kier alpha value is -0.330. The molecule has 0 nitrogen and oxygen atoms in total. The molecule has 0 spiro atoms. The van der Waals surface area contributed by atoms with Gasteiger partial charge in [0, 0.05) is 0 Å². The average molecular weight is 304 g/mol. The van der Waals surface area contributed by atoms with Crippen molar-refractivity contribution in [3.8, 4) is 0 Å². The van der Waals surface area contributed by atoms with Crippen molar-refractivity contribution in [2.24, 2.45) is 40.9 Å². The van der Waals surface area contributed by atoms with E-state index < -0.39 is 0 Å². The Morgan fingerprint density at radius 1 is 1.05 bits per heavy atom. The Bertz CT molecular complexity index is 453. The van der Waals surface area contributed by atoms with Gasteiger partial charge in [0.05, 0.1) is 6.67 Å². The number of alkyl halides is 1. The molecule has 0 aliphatic heterocycles. The highest BCUT2D eigenvalue weighted by Gasteiger charge is 2.54. The lowest BCUT2D eigenvalue weighted by Crippen LogP contribution is -2.47. The van der Waals surface area contributed by atoms with Crippen LogP contribution in [0.2, 0.25) is 0 Å². The fourth-order valence-corrected chi connectivity index (χ4v) is 7.41. The van der Waals surface area contributed by atoms with Crippen molar-refractivity contribution < 1.29 is 4.39 Å². The monoisotopic (exact) mass is 304 g/mol. The van der Waals surface area contributed by atoms with Crippen LogP contribution < -0.4 is 0 Å². The van der Waals surface area contributed by atoms with Gasteiger partial charge in [0.1, 0.15) is 0 Å². The predicted molar refractivity (Wildman–Crippen MR) is 90.3 cm³/mol. The predicted octanol–water partition coefficient (Wildman–Crippen LogP) is 6.17. The van der Waals surface area contributed by atoms with Crippen LogP contribution in [0, 0.1) is 40.9 Å². The SMILES string of the molecule is C/C=C1/CCC2C3CCC4CC(CF)CCC4C3CCC12C. The zero-order chi connectivity index (χ0) is 15.3. The van der Waals surface area contributed by atoms with E-state index in [1.807, 2.05) is 0 Å². The van der Waals surface area contributed by atoms with Crippen molar-refractivity contribution in [2.45, 2.75) is 71.6 Å². The minimum absolute atomic E-state index is 0.0668. The molecule has 4 fully saturated rings. The van der Waals surface area contributed by atoms with Crippen molar-refractivity contribution in [1.82, 2.24) is 0 Å². The van der Waals surface area contributed by atoms with Crippen molar-refractivity contribution in [3.63, 3.8) is 0 Å². The third-order valence-electron chi connectivity index (χ3n) is 8.48. The molecule has 0 bridgehead atoms. The highest BCUT2D eigenvalue weighted by atomic mass is 19.1. The third-order valence-corrected chi connectivity index (χ3v) is 8.48. The first-order chi connectivity index (χ1) is 10.7. The van der Waals surface area contributed by atoms with Crippen LogP contribution in [-0.4, -0.2) is 6.67 Å². The third kappa shape index (κ3) is 2.13. The van der Waals surface area contributed by atoms with E-state index in [0.717, 1.165) is 29.6 Å².